The van der Waals surface area contributed by atoms with Crippen LogP contribution in [0.4, 0.5) is 5.69 Å². The minimum absolute atomic E-state index is 0.0199. The number of thioether (sulfide) groups is 1. The topological polar surface area (TPSA) is 41.9 Å². The third-order valence-electron chi connectivity index (χ3n) is 5.65. The maximum absolute atomic E-state index is 13.3. The predicted octanol–water partition coefficient (Wildman–Crippen LogP) is 6.84. The van der Waals surface area contributed by atoms with Crippen LogP contribution in [-0.4, -0.2) is 29.1 Å². The second-order valence-electron chi connectivity index (χ2n) is 8.38. The Balaban J connectivity index is 2.04. The van der Waals surface area contributed by atoms with Crippen LogP contribution < -0.4 is 4.74 Å². The number of ether oxygens (including phenoxy) is 1. The highest BCUT2D eigenvalue weighted by molar-refractivity contribution is 8.18. The Bertz CT molecular complexity index is 1020. The van der Waals surface area contributed by atoms with Gasteiger partial charge in [-0.1, -0.05) is 38.5 Å². The zero-order valence-corrected chi connectivity index (χ0v) is 20.3. The summed E-state index contributed by atoms with van der Waals surface area (Å²) in [7, 11) is 1.70. The van der Waals surface area contributed by atoms with Gasteiger partial charge in [-0.25, -0.2) is 4.99 Å². The summed E-state index contributed by atoms with van der Waals surface area (Å²) in [6.07, 6.45) is 2.87. The summed E-state index contributed by atoms with van der Waals surface area (Å²) < 4.78 is 5.57. The van der Waals surface area contributed by atoms with E-state index in [1.807, 2.05) is 35.2 Å². The fraction of sp³-hybridized carbons (Fsp3) is 0.385. The highest BCUT2D eigenvalue weighted by atomic mass is 32.2. The van der Waals surface area contributed by atoms with Crippen molar-refractivity contribution in [2.75, 3.05) is 7.11 Å². The zero-order valence-electron chi connectivity index (χ0n) is 19.5. The first-order valence-corrected chi connectivity index (χ1v) is 11.6. The minimum atomic E-state index is 0.0199. The van der Waals surface area contributed by atoms with Crippen molar-refractivity contribution in [3.05, 3.63) is 63.6 Å². The number of rotatable bonds is 6. The molecule has 1 saturated heterocycles. The quantitative estimate of drug-likeness (QED) is 0.466. The van der Waals surface area contributed by atoms with E-state index in [9.17, 15) is 4.79 Å². The van der Waals surface area contributed by atoms with Crippen LogP contribution in [0.25, 0.3) is 6.08 Å². The Kier molecular flexibility index (Phi) is 7.26. The third-order valence-corrected chi connectivity index (χ3v) is 6.64. The van der Waals surface area contributed by atoms with E-state index < -0.39 is 0 Å². The van der Waals surface area contributed by atoms with E-state index >= 15 is 0 Å². The molecule has 0 unspecified atom stereocenters. The molecule has 164 valence electrons. The summed E-state index contributed by atoms with van der Waals surface area (Å²) in [5, 5.41) is 0.740. The molecule has 1 atom stereocenters. The van der Waals surface area contributed by atoms with Crippen molar-refractivity contribution in [2.24, 2.45) is 4.99 Å². The Hall–Kier alpha value is -2.53. The van der Waals surface area contributed by atoms with Gasteiger partial charge >= 0.3 is 0 Å². The van der Waals surface area contributed by atoms with Crippen LogP contribution in [-0.2, 0) is 4.79 Å². The van der Waals surface area contributed by atoms with Crippen LogP contribution >= 0.6 is 11.8 Å². The molecule has 0 aromatic heterocycles. The van der Waals surface area contributed by atoms with Crippen molar-refractivity contribution >= 4 is 34.6 Å². The number of carbonyl (C=O) groups excluding carboxylic acids is 1. The Morgan fingerprint density at radius 1 is 1.13 bits per heavy atom. The summed E-state index contributed by atoms with van der Waals surface area (Å²) in [5.41, 5.74) is 5.32. The van der Waals surface area contributed by atoms with Crippen LogP contribution in [0, 0.1) is 13.8 Å². The van der Waals surface area contributed by atoms with Gasteiger partial charge < -0.3 is 4.74 Å². The molecule has 1 heterocycles. The summed E-state index contributed by atoms with van der Waals surface area (Å²) >= 11 is 1.45. The molecule has 0 aliphatic carbocycles. The van der Waals surface area contributed by atoms with Crippen LogP contribution in [0.3, 0.4) is 0 Å². The normalized spacial score (nSPS) is 17.8. The number of nitrogens with zero attached hydrogens (tertiary/aromatic N) is 2. The largest absolute Gasteiger partial charge is 0.496 e. The SMILES string of the molecule is CC[C@H](C)N1C(=O)/C(=C\c2cc(C(C)C)c(OC)cc2C)SC1=Nc1ccc(C)cc1. The van der Waals surface area contributed by atoms with Gasteiger partial charge in [0.05, 0.1) is 17.7 Å². The fourth-order valence-corrected chi connectivity index (χ4v) is 4.59. The molecule has 31 heavy (non-hydrogen) atoms. The van der Waals surface area contributed by atoms with Crippen molar-refractivity contribution in [3.63, 3.8) is 0 Å². The predicted molar refractivity (Wildman–Crippen MR) is 132 cm³/mol. The zero-order chi connectivity index (χ0) is 22.7. The van der Waals surface area contributed by atoms with Gasteiger partial charge in [0.15, 0.2) is 5.17 Å². The average Bonchev–Trinajstić information content (AvgIpc) is 3.04. The van der Waals surface area contributed by atoms with Gasteiger partial charge in [-0.05, 0) is 91.9 Å². The molecule has 1 aliphatic heterocycles. The molecule has 0 bridgehead atoms. The van der Waals surface area contributed by atoms with Crippen LogP contribution in [0.5, 0.6) is 5.75 Å². The molecule has 1 aliphatic rings. The van der Waals surface area contributed by atoms with Crippen LogP contribution in [0.1, 0.15) is 62.3 Å². The number of aryl methyl sites for hydroxylation is 2. The monoisotopic (exact) mass is 436 g/mol. The number of hydrogen-bond donors (Lipinski definition) is 0. The van der Waals surface area contributed by atoms with Crippen molar-refractivity contribution in [2.45, 2.75) is 59.9 Å². The van der Waals surface area contributed by atoms with Crippen LogP contribution in [0.15, 0.2) is 46.3 Å². The third kappa shape index (κ3) is 5.04. The van der Waals surface area contributed by atoms with E-state index in [1.165, 1.54) is 17.3 Å². The highest BCUT2D eigenvalue weighted by Crippen LogP contribution is 2.38. The van der Waals surface area contributed by atoms with E-state index in [1.54, 1.807) is 7.11 Å². The van der Waals surface area contributed by atoms with E-state index in [0.29, 0.717) is 10.8 Å². The molecular weight excluding hydrogens is 404 g/mol. The molecule has 5 heteroatoms. The lowest BCUT2D eigenvalue weighted by Gasteiger charge is -2.22. The minimum Gasteiger partial charge on any atom is -0.496 e. The van der Waals surface area contributed by atoms with Gasteiger partial charge in [-0.15, -0.1) is 0 Å². The van der Waals surface area contributed by atoms with Gasteiger partial charge in [0.25, 0.3) is 5.91 Å². The highest BCUT2D eigenvalue weighted by Gasteiger charge is 2.36. The van der Waals surface area contributed by atoms with Gasteiger partial charge in [0.2, 0.25) is 0 Å². The van der Waals surface area contributed by atoms with Crippen molar-refractivity contribution < 1.29 is 9.53 Å². The van der Waals surface area contributed by atoms with E-state index in [2.05, 4.69) is 53.7 Å². The average molecular weight is 437 g/mol. The number of carbonyl (C=O) groups is 1. The van der Waals surface area contributed by atoms with E-state index in [-0.39, 0.29) is 11.9 Å². The van der Waals surface area contributed by atoms with Crippen molar-refractivity contribution in [1.29, 1.82) is 0 Å². The molecule has 0 N–H and O–H groups in total. The number of methoxy groups -OCH3 is 1. The summed E-state index contributed by atoms with van der Waals surface area (Å²) in [5.74, 6) is 1.24. The first kappa shape index (κ1) is 23.1. The fourth-order valence-electron chi connectivity index (χ4n) is 3.51. The standard InChI is InChI=1S/C26H32N2O2S/c1-8-19(6)28-25(29)24(31-26(28)27-21-11-9-17(4)10-12-21)15-20-14-22(16(2)3)23(30-7)13-18(20)5/h9-16,19H,8H2,1-7H3/b24-15+,27-26?/t19-/m0/s1. The lowest BCUT2D eigenvalue weighted by atomic mass is 9.96. The summed E-state index contributed by atoms with van der Waals surface area (Å²) in [4.78, 5) is 20.7. The molecule has 2 aromatic rings. The molecule has 1 fully saturated rings. The number of amides is 1. The van der Waals surface area contributed by atoms with Gasteiger partial charge in [0, 0.05) is 6.04 Å². The molecular formula is C26H32N2O2S. The number of hydrogen-bond acceptors (Lipinski definition) is 4. The summed E-state index contributed by atoms with van der Waals surface area (Å²) in [6, 6.07) is 12.3. The van der Waals surface area contributed by atoms with Crippen LogP contribution in [0.2, 0.25) is 0 Å². The molecule has 1 amide bonds. The maximum atomic E-state index is 13.3. The molecule has 3 rings (SSSR count). The molecule has 2 aromatic carbocycles. The van der Waals surface area contributed by atoms with E-state index in [0.717, 1.165) is 39.7 Å². The van der Waals surface area contributed by atoms with E-state index in [4.69, 9.17) is 9.73 Å². The lowest BCUT2D eigenvalue weighted by molar-refractivity contribution is -0.123. The van der Waals surface area contributed by atoms with Crippen molar-refractivity contribution in [1.82, 2.24) is 4.90 Å². The number of aliphatic imine (C=N–C) groups is 1. The molecule has 4 nitrogen and oxygen atoms in total. The second-order valence-corrected chi connectivity index (χ2v) is 9.39. The van der Waals surface area contributed by atoms with Crippen molar-refractivity contribution in [3.8, 4) is 5.75 Å². The summed E-state index contributed by atoms with van der Waals surface area (Å²) in [6.45, 7) is 12.6. The lowest BCUT2D eigenvalue weighted by Crippen LogP contribution is -2.36. The second kappa shape index (κ2) is 9.73. The maximum Gasteiger partial charge on any atom is 0.266 e. The molecule has 0 radical (unpaired) electrons. The Labute approximate surface area is 190 Å². The smallest absolute Gasteiger partial charge is 0.266 e. The number of benzene rings is 2. The first-order valence-electron chi connectivity index (χ1n) is 10.8. The van der Waals surface area contributed by atoms with Gasteiger partial charge in [-0.2, -0.15) is 0 Å². The molecule has 0 saturated carbocycles. The Morgan fingerprint density at radius 2 is 1.81 bits per heavy atom. The van der Waals surface area contributed by atoms with Gasteiger partial charge in [-0.3, -0.25) is 9.69 Å². The molecule has 0 spiro atoms. The number of amidine groups is 1. The first-order chi connectivity index (χ1) is 14.7. The Morgan fingerprint density at radius 3 is 2.39 bits per heavy atom. The van der Waals surface area contributed by atoms with Gasteiger partial charge in [0.1, 0.15) is 5.75 Å².